The van der Waals surface area contributed by atoms with E-state index in [1.165, 1.54) is 19.3 Å². The second-order valence-electron chi connectivity index (χ2n) is 4.93. The standard InChI is InChI=1S/C13H21BrClN3/c1-3-11-13(15)12(17(2)16-11)9-18(8-7-14)10-5-4-6-10/h10H,3-9H2,1-2H3. The highest BCUT2D eigenvalue weighted by molar-refractivity contribution is 9.09. The Hall–Kier alpha value is -0.0600. The van der Waals surface area contributed by atoms with Crippen molar-refractivity contribution >= 4 is 27.5 Å². The first-order valence-corrected chi connectivity index (χ1v) is 8.17. The molecule has 0 unspecified atom stereocenters. The van der Waals surface area contributed by atoms with Crippen LogP contribution in [0.1, 0.15) is 37.6 Å². The molecule has 102 valence electrons. The minimum absolute atomic E-state index is 0.735. The average Bonchev–Trinajstić information content (AvgIpc) is 2.54. The third-order valence-corrected chi connectivity index (χ3v) is 4.61. The van der Waals surface area contributed by atoms with Crippen molar-refractivity contribution in [3.8, 4) is 0 Å². The van der Waals surface area contributed by atoms with Gasteiger partial charge in [-0.3, -0.25) is 9.58 Å². The lowest BCUT2D eigenvalue weighted by Crippen LogP contribution is -2.41. The highest BCUT2D eigenvalue weighted by atomic mass is 79.9. The lowest BCUT2D eigenvalue weighted by Gasteiger charge is -2.37. The zero-order chi connectivity index (χ0) is 13.1. The van der Waals surface area contributed by atoms with Gasteiger partial charge < -0.3 is 0 Å². The first kappa shape index (κ1) is 14.4. The van der Waals surface area contributed by atoms with Gasteiger partial charge in [-0.25, -0.2) is 0 Å². The summed E-state index contributed by atoms with van der Waals surface area (Å²) in [5.41, 5.74) is 2.17. The van der Waals surface area contributed by atoms with E-state index in [4.69, 9.17) is 11.6 Å². The van der Waals surface area contributed by atoms with Gasteiger partial charge in [-0.05, 0) is 19.3 Å². The molecule has 5 heteroatoms. The van der Waals surface area contributed by atoms with Crippen LogP contribution in [-0.2, 0) is 20.0 Å². The van der Waals surface area contributed by atoms with Crippen molar-refractivity contribution in [1.82, 2.24) is 14.7 Å². The molecule has 0 bridgehead atoms. The number of nitrogens with zero attached hydrogens (tertiary/aromatic N) is 3. The van der Waals surface area contributed by atoms with E-state index in [1.54, 1.807) is 0 Å². The third kappa shape index (κ3) is 2.91. The maximum atomic E-state index is 6.42. The molecule has 0 aliphatic heterocycles. The molecule has 0 N–H and O–H groups in total. The molecule has 0 aromatic carbocycles. The van der Waals surface area contributed by atoms with Crippen molar-refractivity contribution in [2.24, 2.45) is 7.05 Å². The summed E-state index contributed by atoms with van der Waals surface area (Å²) in [7, 11) is 1.99. The molecule has 1 aromatic rings. The molecule has 0 radical (unpaired) electrons. The molecule has 0 amide bonds. The number of hydrogen-bond acceptors (Lipinski definition) is 2. The molecule has 1 saturated carbocycles. The molecule has 0 spiro atoms. The summed E-state index contributed by atoms with van der Waals surface area (Å²) in [5, 5.41) is 6.36. The van der Waals surface area contributed by atoms with Gasteiger partial charge in [0.2, 0.25) is 0 Å². The molecular weight excluding hydrogens is 314 g/mol. The maximum Gasteiger partial charge on any atom is 0.0863 e. The van der Waals surface area contributed by atoms with Crippen LogP contribution in [0.25, 0.3) is 0 Å². The van der Waals surface area contributed by atoms with Crippen molar-refractivity contribution in [2.45, 2.75) is 45.2 Å². The van der Waals surface area contributed by atoms with E-state index in [-0.39, 0.29) is 0 Å². The molecular formula is C13H21BrClN3. The molecule has 18 heavy (non-hydrogen) atoms. The molecule has 1 aromatic heterocycles. The van der Waals surface area contributed by atoms with E-state index in [1.807, 2.05) is 11.7 Å². The van der Waals surface area contributed by atoms with Gasteiger partial charge in [-0.1, -0.05) is 40.9 Å². The predicted molar refractivity (Wildman–Crippen MR) is 79.4 cm³/mol. The molecule has 2 rings (SSSR count). The number of aromatic nitrogens is 2. The Bertz CT molecular complexity index is 401. The molecule has 1 heterocycles. The van der Waals surface area contributed by atoms with E-state index in [2.05, 4.69) is 32.9 Å². The van der Waals surface area contributed by atoms with Gasteiger partial charge in [0.15, 0.2) is 0 Å². The maximum absolute atomic E-state index is 6.42. The smallest absolute Gasteiger partial charge is 0.0863 e. The van der Waals surface area contributed by atoms with Crippen LogP contribution in [0, 0.1) is 0 Å². The van der Waals surface area contributed by atoms with Crippen LogP contribution in [-0.4, -0.2) is 32.6 Å². The Labute approximate surface area is 123 Å². The fourth-order valence-corrected chi connectivity index (χ4v) is 3.24. The summed E-state index contributed by atoms with van der Waals surface area (Å²) in [5.74, 6) is 0. The van der Waals surface area contributed by atoms with E-state index in [0.29, 0.717) is 0 Å². The Morgan fingerprint density at radius 3 is 2.67 bits per heavy atom. The highest BCUT2D eigenvalue weighted by Gasteiger charge is 2.26. The minimum atomic E-state index is 0.735. The normalized spacial score (nSPS) is 16.3. The van der Waals surface area contributed by atoms with Gasteiger partial charge >= 0.3 is 0 Å². The molecule has 0 saturated heterocycles. The Morgan fingerprint density at radius 2 is 2.22 bits per heavy atom. The highest BCUT2D eigenvalue weighted by Crippen LogP contribution is 2.29. The first-order chi connectivity index (χ1) is 8.67. The van der Waals surface area contributed by atoms with Crippen LogP contribution in [0.15, 0.2) is 0 Å². The number of hydrogen-bond donors (Lipinski definition) is 0. The quantitative estimate of drug-likeness (QED) is 0.744. The zero-order valence-electron chi connectivity index (χ0n) is 11.1. The van der Waals surface area contributed by atoms with E-state index in [9.17, 15) is 0 Å². The largest absolute Gasteiger partial charge is 0.294 e. The lowest BCUT2D eigenvalue weighted by atomic mass is 9.91. The second-order valence-corrected chi connectivity index (χ2v) is 6.10. The summed E-state index contributed by atoms with van der Waals surface area (Å²) < 4.78 is 1.95. The monoisotopic (exact) mass is 333 g/mol. The third-order valence-electron chi connectivity index (χ3n) is 3.82. The van der Waals surface area contributed by atoms with E-state index in [0.717, 1.165) is 47.3 Å². The van der Waals surface area contributed by atoms with Crippen LogP contribution in [0.2, 0.25) is 5.02 Å². The summed E-state index contributed by atoms with van der Waals surface area (Å²) in [4.78, 5) is 2.53. The van der Waals surface area contributed by atoms with Gasteiger partial charge in [0, 0.05) is 31.5 Å². The van der Waals surface area contributed by atoms with Gasteiger partial charge in [0.25, 0.3) is 0 Å². The Balaban J connectivity index is 2.12. The zero-order valence-corrected chi connectivity index (χ0v) is 13.5. The summed E-state index contributed by atoms with van der Waals surface area (Å²) >= 11 is 9.96. The van der Waals surface area contributed by atoms with Crippen molar-refractivity contribution in [3.63, 3.8) is 0 Å². The molecule has 1 fully saturated rings. The van der Waals surface area contributed by atoms with Crippen LogP contribution in [0.4, 0.5) is 0 Å². The van der Waals surface area contributed by atoms with Gasteiger partial charge in [-0.15, -0.1) is 0 Å². The van der Waals surface area contributed by atoms with Crippen LogP contribution < -0.4 is 0 Å². The molecule has 0 atom stereocenters. The predicted octanol–water partition coefficient (Wildman–Crippen LogP) is 3.39. The summed E-state index contributed by atoms with van der Waals surface area (Å²) in [6.07, 6.45) is 4.91. The lowest BCUT2D eigenvalue weighted by molar-refractivity contribution is 0.125. The van der Waals surface area contributed by atoms with Gasteiger partial charge in [0.05, 0.1) is 16.4 Å². The number of rotatable bonds is 6. The first-order valence-electron chi connectivity index (χ1n) is 6.67. The van der Waals surface area contributed by atoms with Crippen molar-refractivity contribution in [3.05, 3.63) is 16.4 Å². The number of aryl methyl sites for hydroxylation is 2. The molecule has 3 nitrogen and oxygen atoms in total. The van der Waals surface area contributed by atoms with E-state index < -0.39 is 0 Å². The fraction of sp³-hybridized carbons (Fsp3) is 0.769. The summed E-state index contributed by atoms with van der Waals surface area (Å²) in [6.45, 7) is 4.09. The van der Waals surface area contributed by atoms with Crippen molar-refractivity contribution in [2.75, 3.05) is 11.9 Å². The number of alkyl halides is 1. The molecule has 1 aliphatic carbocycles. The Kier molecular flexibility index (Phi) is 5.10. The molecule has 1 aliphatic rings. The Morgan fingerprint density at radius 1 is 1.50 bits per heavy atom. The fourth-order valence-electron chi connectivity index (χ4n) is 2.44. The van der Waals surface area contributed by atoms with Crippen LogP contribution in [0.3, 0.4) is 0 Å². The van der Waals surface area contributed by atoms with Crippen molar-refractivity contribution in [1.29, 1.82) is 0 Å². The SMILES string of the molecule is CCc1nn(C)c(CN(CCBr)C2CCC2)c1Cl. The van der Waals surface area contributed by atoms with Crippen molar-refractivity contribution < 1.29 is 0 Å². The second kappa shape index (κ2) is 6.40. The van der Waals surface area contributed by atoms with Gasteiger partial charge in [-0.2, -0.15) is 5.10 Å². The average molecular weight is 335 g/mol. The van der Waals surface area contributed by atoms with Gasteiger partial charge in [0.1, 0.15) is 0 Å². The van der Waals surface area contributed by atoms with Crippen LogP contribution in [0.5, 0.6) is 0 Å². The topological polar surface area (TPSA) is 21.1 Å². The van der Waals surface area contributed by atoms with E-state index >= 15 is 0 Å². The number of halogens is 2. The minimum Gasteiger partial charge on any atom is -0.294 e. The van der Waals surface area contributed by atoms with Crippen LogP contribution >= 0.6 is 27.5 Å². The summed E-state index contributed by atoms with van der Waals surface area (Å²) in [6, 6.07) is 0.735.